The first-order chi connectivity index (χ1) is 9.80. The lowest BCUT2D eigenvalue weighted by molar-refractivity contribution is 0.00578. The van der Waals surface area contributed by atoms with Gasteiger partial charge in [-0.05, 0) is 45.3 Å². The highest BCUT2D eigenvalue weighted by atomic mass is 16.7. The van der Waals surface area contributed by atoms with Gasteiger partial charge in [0.1, 0.15) is 0 Å². The molecular weight excluding hydrogens is 271 g/mol. The maximum atomic E-state index is 6.03. The van der Waals surface area contributed by atoms with Gasteiger partial charge in [0.05, 0.1) is 18.3 Å². The highest BCUT2D eigenvalue weighted by Gasteiger charge is 2.51. The van der Waals surface area contributed by atoms with Gasteiger partial charge in [-0.15, -0.1) is 0 Å². The number of rotatable bonds is 5. The average Bonchev–Trinajstić information content (AvgIpc) is 2.65. The summed E-state index contributed by atoms with van der Waals surface area (Å²) in [5.74, 6) is 1.25. The van der Waals surface area contributed by atoms with Crippen molar-refractivity contribution in [3.05, 3.63) is 18.2 Å². The van der Waals surface area contributed by atoms with E-state index in [1.807, 2.05) is 45.9 Å². The van der Waals surface area contributed by atoms with Crippen LogP contribution in [0.4, 0.5) is 0 Å². The van der Waals surface area contributed by atoms with Gasteiger partial charge in [0, 0.05) is 7.11 Å². The number of benzene rings is 1. The third kappa shape index (κ3) is 3.17. The minimum absolute atomic E-state index is 0.173. The Kier molecular flexibility index (Phi) is 4.51. The minimum Gasteiger partial charge on any atom is -0.493 e. The monoisotopic (exact) mass is 294 g/mol. The van der Waals surface area contributed by atoms with Crippen LogP contribution < -0.4 is 14.9 Å². The predicted molar refractivity (Wildman–Crippen MR) is 81.2 cm³/mol. The number of hydrogen-bond donors (Lipinski definition) is 0. The topological polar surface area (TPSA) is 46.2 Å². The van der Waals surface area contributed by atoms with Crippen LogP contribution in [0, 0.1) is 0 Å². The van der Waals surface area contributed by atoms with Crippen molar-refractivity contribution >= 4 is 12.6 Å². The third-order valence-electron chi connectivity index (χ3n) is 4.05. The van der Waals surface area contributed by atoms with Crippen LogP contribution in [0.15, 0.2) is 18.2 Å². The van der Waals surface area contributed by atoms with Crippen molar-refractivity contribution in [2.24, 2.45) is 0 Å². The fourth-order valence-electron chi connectivity index (χ4n) is 2.05. The Balaban J connectivity index is 2.22. The molecule has 1 aromatic carbocycles. The van der Waals surface area contributed by atoms with Crippen LogP contribution in [0.25, 0.3) is 0 Å². The van der Waals surface area contributed by atoms with Crippen LogP contribution in [-0.4, -0.2) is 39.3 Å². The average molecular weight is 294 g/mol. The number of hydrogen-bond acceptors (Lipinski definition) is 5. The van der Waals surface area contributed by atoms with Gasteiger partial charge < -0.3 is 23.5 Å². The maximum Gasteiger partial charge on any atom is 0.494 e. The van der Waals surface area contributed by atoms with E-state index in [1.54, 1.807) is 14.2 Å². The Morgan fingerprint density at radius 3 is 2.14 bits per heavy atom. The van der Waals surface area contributed by atoms with Gasteiger partial charge in [-0.25, -0.2) is 0 Å². The smallest absolute Gasteiger partial charge is 0.493 e. The van der Waals surface area contributed by atoms with E-state index >= 15 is 0 Å². The van der Waals surface area contributed by atoms with Crippen LogP contribution in [0.2, 0.25) is 0 Å². The Hall–Kier alpha value is -1.24. The molecule has 2 rings (SSSR count). The van der Waals surface area contributed by atoms with Gasteiger partial charge >= 0.3 is 7.12 Å². The Bertz CT molecular complexity index is 485. The lowest BCUT2D eigenvalue weighted by Gasteiger charge is -2.32. The van der Waals surface area contributed by atoms with E-state index in [-0.39, 0.29) is 18.0 Å². The lowest BCUT2D eigenvalue weighted by Crippen LogP contribution is -2.41. The first-order valence-corrected chi connectivity index (χ1v) is 6.96. The summed E-state index contributed by atoms with van der Waals surface area (Å²) in [6.07, 6.45) is 0. The maximum absolute atomic E-state index is 6.03. The van der Waals surface area contributed by atoms with Gasteiger partial charge in [0.25, 0.3) is 0 Å². The largest absolute Gasteiger partial charge is 0.494 e. The molecule has 0 amide bonds. The van der Waals surface area contributed by atoms with Crippen molar-refractivity contribution in [1.82, 2.24) is 0 Å². The van der Waals surface area contributed by atoms with E-state index in [9.17, 15) is 0 Å². The van der Waals surface area contributed by atoms with Gasteiger partial charge in [0.2, 0.25) is 0 Å². The van der Waals surface area contributed by atoms with E-state index in [4.69, 9.17) is 23.5 Å². The lowest BCUT2D eigenvalue weighted by atomic mass is 9.79. The zero-order valence-corrected chi connectivity index (χ0v) is 13.6. The molecule has 0 saturated carbocycles. The molecule has 0 unspecified atom stereocenters. The fraction of sp³-hybridized carbons (Fsp3) is 0.600. The van der Waals surface area contributed by atoms with Crippen molar-refractivity contribution in [1.29, 1.82) is 0 Å². The van der Waals surface area contributed by atoms with E-state index in [0.29, 0.717) is 11.5 Å². The summed E-state index contributed by atoms with van der Waals surface area (Å²) in [7, 11) is 2.76. The highest BCUT2D eigenvalue weighted by Crippen LogP contribution is 2.37. The van der Waals surface area contributed by atoms with Crippen molar-refractivity contribution in [3.8, 4) is 11.5 Å². The van der Waals surface area contributed by atoms with Gasteiger partial charge in [0.15, 0.2) is 18.3 Å². The second kappa shape index (κ2) is 5.87. The molecule has 1 heterocycles. The molecule has 6 heteroatoms. The van der Waals surface area contributed by atoms with Crippen molar-refractivity contribution < 1.29 is 23.5 Å². The Morgan fingerprint density at radius 1 is 1.00 bits per heavy atom. The van der Waals surface area contributed by atoms with E-state index in [2.05, 4.69) is 0 Å². The van der Waals surface area contributed by atoms with Crippen LogP contribution in [0.3, 0.4) is 0 Å². The molecule has 0 bridgehead atoms. The number of methoxy groups -OCH3 is 2. The Labute approximate surface area is 126 Å². The third-order valence-corrected chi connectivity index (χ3v) is 4.05. The molecular formula is C15H23BO5. The summed E-state index contributed by atoms with van der Waals surface area (Å²) in [6.45, 7) is 8.29. The first-order valence-electron chi connectivity index (χ1n) is 6.96. The second-order valence-electron chi connectivity index (χ2n) is 6.05. The summed E-state index contributed by atoms with van der Waals surface area (Å²) in [5.41, 5.74) is 0.168. The summed E-state index contributed by atoms with van der Waals surface area (Å²) < 4.78 is 27.8. The summed E-state index contributed by atoms with van der Waals surface area (Å²) in [6, 6.07) is 5.61. The highest BCUT2D eigenvalue weighted by molar-refractivity contribution is 6.62. The zero-order chi connectivity index (χ0) is 15.7. The number of ether oxygens (including phenoxy) is 3. The molecule has 0 N–H and O–H groups in total. The summed E-state index contributed by atoms with van der Waals surface area (Å²) in [4.78, 5) is 0. The molecule has 0 atom stereocenters. The van der Waals surface area contributed by atoms with E-state index in [0.717, 1.165) is 5.46 Å². The summed E-state index contributed by atoms with van der Waals surface area (Å²) >= 11 is 0. The normalized spacial score (nSPS) is 19.6. The van der Waals surface area contributed by atoms with Crippen LogP contribution in [0.5, 0.6) is 11.5 Å². The van der Waals surface area contributed by atoms with Crippen molar-refractivity contribution in [2.45, 2.75) is 38.9 Å². The zero-order valence-electron chi connectivity index (χ0n) is 13.6. The van der Waals surface area contributed by atoms with Gasteiger partial charge in [-0.1, -0.05) is 6.07 Å². The minimum atomic E-state index is -0.416. The van der Waals surface area contributed by atoms with Crippen LogP contribution in [-0.2, 0) is 14.0 Å². The van der Waals surface area contributed by atoms with Gasteiger partial charge in [-0.2, -0.15) is 0 Å². The van der Waals surface area contributed by atoms with Crippen molar-refractivity contribution in [2.75, 3.05) is 21.0 Å². The van der Waals surface area contributed by atoms with E-state index in [1.165, 1.54) is 0 Å². The molecule has 0 aliphatic carbocycles. The van der Waals surface area contributed by atoms with Crippen LogP contribution in [0.1, 0.15) is 27.7 Å². The second-order valence-corrected chi connectivity index (χ2v) is 6.05. The molecule has 21 heavy (non-hydrogen) atoms. The van der Waals surface area contributed by atoms with E-state index < -0.39 is 7.12 Å². The molecule has 5 nitrogen and oxygen atoms in total. The molecule has 116 valence electrons. The summed E-state index contributed by atoms with van der Waals surface area (Å²) in [5, 5.41) is 0. The molecule has 1 fully saturated rings. The van der Waals surface area contributed by atoms with Crippen LogP contribution >= 0.6 is 0 Å². The Morgan fingerprint density at radius 2 is 1.62 bits per heavy atom. The van der Waals surface area contributed by atoms with Crippen molar-refractivity contribution in [3.63, 3.8) is 0 Å². The molecule has 1 saturated heterocycles. The molecule has 1 aliphatic rings. The standard InChI is InChI=1S/C15H23BO5/c1-14(2)15(3,4)21-16(20-14)11-7-8-12(19-10-17-5)13(9-11)18-6/h7-9H,10H2,1-6H3. The first kappa shape index (κ1) is 16.1. The predicted octanol–water partition coefficient (Wildman–Crippen LogP) is 1.98. The molecule has 0 aromatic heterocycles. The molecule has 0 spiro atoms. The molecule has 1 aliphatic heterocycles. The molecule has 1 aromatic rings. The fourth-order valence-corrected chi connectivity index (χ4v) is 2.05. The quantitative estimate of drug-likeness (QED) is 0.614. The molecule has 0 radical (unpaired) electrons. The van der Waals surface area contributed by atoms with Gasteiger partial charge in [-0.3, -0.25) is 0 Å². The SMILES string of the molecule is COCOc1ccc(B2OC(C)(C)C(C)(C)O2)cc1OC.